The summed E-state index contributed by atoms with van der Waals surface area (Å²) < 4.78 is 23.6. The number of esters is 1. The Balaban J connectivity index is 1.36. The summed E-state index contributed by atoms with van der Waals surface area (Å²) in [6.45, 7) is -0.495. The molecule has 0 spiro atoms. The lowest BCUT2D eigenvalue weighted by Gasteiger charge is -2.14. The van der Waals surface area contributed by atoms with Crippen LogP contribution >= 0.6 is 0 Å². The lowest BCUT2D eigenvalue weighted by atomic mass is 10.1. The van der Waals surface area contributed by atoms with Crippen LogP contribution in [0.15, 0.2) is 66.7 Å². The molecule has 3 aromatic rings. The number of ether oxygens (including phenoxy) is 2. The molecule has 0 atom stereocenters. The van der Waals surface area contributed by atoms with Gasteiger partial charge in [0.2, 0.25) is 0 Å². The zero-order chi connectivity index (χ0) is 23.5. The van der Waals surface area contributed by atoms with Crippen LogP contribution in [0.5, 0.6) is 5.75 Å². The highest BCUT2D eigenvalue weighted by Gasteiger charge is 2.34. The molecule has 0 aromatic heterocycles. The first-order chi connectivity index (χ1) is 15.9. The monoisotopic (exact) mass is 447 g/mol. The van der Waals surface area contributed by atoms with Gasteiger partial charge in [0, 0.05) is 5.56 Å². The van der Waals surface area contributed by atoms with Crippen molar-refractivity contribution in [2.45, 2.75) is 6.54 Å². The third kappa shape index (κ3) is 4.36. The summed E-state index contributed by atoms with van der Waals surface area (Å²) >= 11 is 0. The lowest BCUT2D eigenvalue weighted by Crippen LogP contribution is -2.29. The topological polar surface area (TPSA) is 90.0 Å². The molecule has 0 saturated heterocycles. The van der Waals surface area contributed by atoms with Crippen LogP contribution in [-0.2, 0) is 11.3 Å². The van der Waals surface area contributed by atoms with Gasteiger partial charge in [0.05, 0.1) is 30.3 Å². The molecule has 0 bridgehead atoms. The number of ketones is 1. The van der Waals surface area contributed by atoms with Gasteiger partial charge in [-0.05, 0) is 48.0 Å². The van der Waals surface area contributed by atoms with Crippen LogP contribution in [0.2, 0.25) is 0 Å². The molecule has 1 aliphatic heterocycles. The first kappa shape index (κ1) is 21.9. The molecule has 0 fully saturated rings. The van der Waals surface area contributed by atoms with Gasteiger partial charge in [-0.15, -0.1) is 0 Å². The summed E-state index contributed by atoms with van der Waals surface area (Å²) in [6.07, 6.45) is 0. The first-order valence-corrected chi connectivity index (χ1v) is 9.97. The Labute approximate surface area is 188 Å². The average Bonchev–Trinajstić information content (AvgIpc) is 3.07. The second kappa shape index (κ2) is 9.04. The molecule has 7 nitrogen and oxygen atoms in total. The van der Waals surface area contributed by atoms with E-state index in [0.29, 0.717) is 16.7 Å². The van der Waals surface area contributed by atoms with E-state index in [0.717, 1.165) is 11.0 Å². The van der Waals surface area contributed by atoms with Crippen molar-refractivity contribution in [1.29, 1.82) is 0 Å². The maximum Gasteiger partial charge on any atom is 0.338 e. The number of hydrogen-bond donors (Lipinski definition) is 0. The smallest absolute Gasteiger partial charge is 0.338 e. The van der Waals surface area contributed by atoms with E-state index in [-0.39, 0.29) is 35.2 Å². The second-order valence-electron chi connectivity index (χ2n) is 7.29. The summed E-state index contributed by atoms with van der Waals surface area (Å²) in [4.78, 5) is 50.5. The third-order valence-electron chi connectivity index (χ3n) is 5.22. The highest BCUT2D eigenvalue weighted by molar-refractivity contribution is 6.21. The summed E-state index contributed by atoms with van der Waals surface area (Å²) in [5.41, 5.74) is 1.62. The maximum atomic E-state index is 13.8. The number of amides is 2. The minimum absolute atomic E-state index is 0.00449. The fourth-order valence-electron chi connectivity index (χ4n) is 3.45. The molecule has 1 aliphatic rings. The minimum Gasteiger partial charge on any atom is -0.494 e. The van der Waals surface area contributed by atoms with Crippen LogP contribution in [0.3, 0.4) is 0 Å². The fourth-order valence-corrected chi connectivity index (χ4v) is 3.45. The van der Waals surface area contributed by atoms with Gasteiger partial charge in [-0.25, -0.2) is 9.18 Å². The number of hydrogen-bond acceptors (Lipinski definition) is 6. The molecule has 4 rings (SSSR count). The number of carbonyl (C=O) groups is 4. The first-order valence-electron chi connectivity index (χ1n) is 9.97. The van der Waals surface area contributed by atoms with Crippen molar-refractivity contribution < 1.29 is 33.0 Å². The number of halogens is 1. The fraction of sp³-hybridized carbons (Fsp3) is 0.120. The average molecular weight is 447 g/mol. The van der Waals surface area contributed by atoms with Crippen molar-refractivity contribution in [3.05, 3.63) is 100 Å². The molecule has 2 amide bonds. The zero-order valence-corrected chi connectivity index (χ0v) is 17.5. The van der Waals surface area contributed by atoms with Crippen LogP contribution in [0, 0.1) is 5.82 Å². The van der Waals surface area contributed by atoms with E-state index in [4.69, 9.17) is 9.47 Å². The van der Waals surface area contributed by atoms with Crippen LogP contribution in [0.25, 0.3) is 0 Å². The van der Waals surface area contributed by atoms with Crippen molar-refractivity contribution in [1.82, 2.24) is 4.90 Å². The quantitative estimate of drug-likeness (QED) is 0.312. The Morgan fingerprint density at radius 2 is 1.48 bits per heavy atom. The van der Waals surface area contributed by atoms with Crippen LogP contribution < -0.4 is 4.74 Å². The maximum absolute atomic E-state index is 13.8. The Morgan fingerprint density at radius 1 is 0.879 bits per heavy atom. The Hall–Kier alpha value is -4.33. The Bertz CT molecular complexity index is 1230. The predicted molar refractivity (Wildman–Crippen MR) is 115 cm³/mol. The number of rotatable bonds is 7. The van der Waals surface area contributed by atoms with E-state index in [1.54, 1.807) is 36.4 Å². The van der Waals surface area contributed by atoms with Gasteiger partial charge < -0.3 is 9.47 Å². The van der Waals surface area contributed by atoms with Gasteiger partial charge in [-0.1, -0.05) is 24.3 Å². The van der Waals surface area contributed by atoms with E-state index in [1.807, 2.05) is 0 Å². The van der Waals surface area contributed by atoms with Crippen molar-refractivity contribution in [3.63, 3.8) is 0 Å². The lowest BCUT2D eigenvalue weighted by molar-refractivity contribution is 0.0474. The number of nitrogens with zero attached hydrogens (tertiary/aromatic N) is 1. The van der Waals surface area contributed by atoms with Crippen LogP contribution in [-0.4, -0.2) is 42.2 Å². The molecular weight excluding hydrogens is 429 g/mol. The van der Waals surface area contributed by atoms with Crippen molar-refractivity contribution in [2.24, 2.45) is 0 Å². The van der Waals surface area contributed by atoms with Crippen molar-refractivity contribution in [2.75, 3.05) is 13.7 Å². The number of methoxy groups -OCH3 is 1. The normalized spacial score (nSPS) is 12.5. The van der Waals surface area contributed by atoms with E-state index < -0.39 is 24.2 Å². The third-order valence-corrected chi connectivity index (χ3v) is 5.22. The van der Waals surface area contributed by atoms with Gasteiger partial charge >= 0.3 is 5.97 Å². The molecule has 33 heavy (non-hydrogen) atoms. The highest BCUT2D eigenvalue weighted by Crippen LogP contribution is 2.24. The zero-order valence-electron chi connectivity index (χ0n) is 17.5. The summed E-state index contributed by atoms with van der Waals surface area (Å²) in [5.74, 6) is -2.72. The predicted octanol–water partition coefficient (Wildman–Crippen LogP) is 3.67. The molecule has 0 N–H and O–H groups in total. The number of carbonyl (C=O) groups excluding carboxylic acids is 4. The van der Waals surface area contributed by atoms with Crippen LogP contribution in [0.1, 0.15) is 47.0 Å². The van der Waals surface area contributed by atoms with E-state index in [2.05, 4.69) is 0 Å². The van der Waals surface area contributed by atoms with Gasteiger partial charge in [0.25, 0.3) is 11.8 Å². The Kier molecular flexibility index (Phi) is 5.99. The number of Topliss-reactive ketones (excluding diaryl/α,β-unsaturated/α-hetero) is 1. The van der Waals surface area contributed by atoms with E-state index in [9.17, 15) is 23.6 Å². The molecular formula is C25H18FNO6. The minimum atomic E-state index is -0.732. The second-order valence-corrected chi connectivity index (χ2v) is 7.29. The molecule has 166 valence electrons. The largest absolute Gasteiger partial charge is 0.494 e. The molecule has 0 aliphatic carbocycles. The SMILES string of the molecule is COc1ccc(C(=O)COC(=O)c2ccc(CN3C(=O)c4ccccc4C3=O)cc2)cc1F. The van der Waals surface area contributed by atoms with Gasteiger partial charge in [0.15, 0.2) is 24.0 Å². The molecule has 8 heteroatoms. The molecule has 0 radical (unpaired) electrons. The van der Waals surface area contributed by atoms with E-state index >= 15 is 0 Å². The summed E-state index contributed by atoms with van der Waals surface area (Å²) in [6, 6.07) is 16.5. The van der Waals surface area contributed by atoms with Crippen LogP contribution in [0.4, 0.5) is 4.39 Å². The number of benzene rings is 3. The standard InChI is InChI=1S/C25H18FNO6/c1-32-22-11-10-17(12-20(22)26)21(28)14-33-25(31)16-8-6-15(7-9-16)13-27-23(29)18-4-2-3-5-19(18)24(27)30/h2-12H,13-14H2,1H3. The van der Waals surface area contributed by atoms with E-state index in [1.165, 1.54) is 31.4 Å². The van der Waals surface area contributed by atoms with Gasteiger partial charge in [-0.2, -0.15) is 0 Å². The summed E-state index contributed by atoms with van der Waals surface area (Å²) in [5, 5.41) is 0. The molecule has 3 aromatic carbocycles. The molecule has 1 heterocycles. The van der Waals surface area contributed by atoms with Gasteiger partial charge in [-0.3, -0.25) is 19.3 Å². The highest BCUT2D eigenvalue weighted by atomic mass is 19.1. The van der Waals surface area contributed by atoms with Crippen molar-refractivity contribution in [3.8, 4) is 5.75 Å². The molecule has 0 unspecified atom stereocenters. The number of imide groups is 1. The number of fused-ring (bicyclic) bond motifs is 1. The van der Waals surface area contributed by atoms with Gasteiger partial charge in [0.1, 0.15) is 0 Å². The Morgan fingerprint density at radius 3 is 2.06 bits per heavy atom. The summed E-state index contributed by atoms with van der Waals surface area (Å²) in [7, 11) is 1.31. The van der Waals surface area contributed by atoms with Crippen molar-refractivity contribution >= 4 is 23.6 Å². The molecule has 0 saturated carbocycles.